The van der Waals surface area contributed by atoms with Gasteiger partial charge in [-0.1, -0.05) is 11.6 Å². The molecule has 0 saturated carbocycles. The summed E-state index contributed by atoms with van der Waals surface area (Å²) >= 11 is 5.80. The molecule has 0 spiro atoms. The van der Waals surface area contributed by atoms with Crippen LogP contribution in [-0.4, -0.2) is 40.8 Å². The zero-order valence-electron chi connectivity index (χ0n) is 11.3. The van der Waals surface area contributed by atoms with E-state index in [4.69, 9.17) is 11.6 Å². The van der Waals surface area contributed by atoms with Crippen LogP contribution >= 0.6 is 11.6 Å². The van der Waals surface area contributed by atoms with Gasteiger partial charge in [0.1, 0.15) is 5.02 Å². The monoisotopic (exact) mass is 311 g/mol. The van der Waals surface area contributed by atoms with Crippen molar-refractivity contribution in [3.8, 4) is 0 Å². The Labute approximate surface area is 126 Å². The summed E-state index contributed by atoms with van der Waals surface area (Å²) in [5, 5.41) is 13.4. The van der Waals surface area contributed by atoms with Crippen LogP contribution in [0.3, 0.4) is 0 Å². The Balaban J connectivity index is 2.09. The maximum absolute atomic E-state index is 12.3. The summed E-state index contributed by atoms with van der Waals surface area (Å²) in [6.45, 7) is 2.38. The van der Waals surface area contributed by atoms with E-state index in [0.29, 0.717) is 25.1 Å². The number of likely N-dealkylation sites (tertiary alicyclic amines) is 1. The zero-order valence-corrected chi connectivity index (χ0v) is 12.1. The number of benzene rings is 1. The summed E-state index contributed by atoms with van der Waals surface area (Å²) in [6.07, 6.45) is 0.687. The van der Waals surface area contributed by atoms with E-state index in [1.165, 1.54) is 25.1 Å². The minimum absolute atomic E-state index is 0.0556. The fraction of sp³-hybridized carbons (Fsp3) is 0.385. The molecule has 0 aromatic heterocycles. The van der Waals surface area contributed by atoms with Crippen LogP contribution in [0, 0.1) is 10.1 Å². The Kier molecular flexibility index (Phi) is 4.42. The minimum Gasteiger partial charge on any atom is -0.352 e. The van der Waals surface area contributed by atoms with E-state index in [1.54, 1.807) is 4.90 Å². The second-order valence-electron chi connectivity index (χ2n) is 4.86. The van der Waals surface area contributed by atoms with Crippen LogP contribution < -0.4 is 5.32 Å². The third-order valence-electron chi connectivity index (χ3n) is 3.27. The summed E-state index contributed by atoms with van der Waals surface area (Å²) in [7, 11) is 0. The van der Waals surface area contributed by atoms with E-state index in [0.717, 1.165) is 0 Å². The zero-order chi connectivity index (χ0) is 15.6. The molecule has 1 saturated heterocycles. The van der Waals surface area contributed by atoms with Crippen molar-refractivity contribution in [2.24, 2.45) is 0 Å². The van der Waals surface area contributed by atoms with Crippen molar-refractivity contribution in [3.05, 3.63) is 38.9 Å². The largest absolute Gasteiger partial charge is 0.352 e. The van der Waals surface area contributed by atoms with Gasteiger partial charge in [-0.3, -0.25) is 19.7 Å². The lowest BCUT2D eigenvalue weighted by molar-refractivity contribution is -0.384. The van der Waals surface area contributed by atoms with Gasteiger partial charge in [0.15, 0.2) is 0 Å². The highest BCUT2D eigenvalue weighted by atomic mass is 35.5. The number of nitrogens with zero attached hydrogens (tertiary/aromatic N) is 2. The summed E-state index contributed by atoms with van der Waals surface area (Å²) in [5.41, 5.74) is 0.0693. The van der Waals surface area contributed by atoms with Crippen LogP contribution in [0.5, 0.6) is 0 Å². The van der Waals surface area contributed by atoms with Crippen molar-refractivity contribution in [1.29, 1.82) is 0 Å². The highest BCUT2D eigenvalue weighted by molar-refractivity contribution is 6.33. The molecule has 112 valence electrons. The lowest BCUT2D eigenvalue weighted by Crippen LogP contribution is -2.37. The molecule has 1 heterocycles. The number of hydrogen-bond acceptors (Lipinski definition) is 4. The highest BCUT2D eigenvalue weighted by Gasteiger charge is 2.28. The lowest BCUT2D eigenvalue weighted by Gasteiger charge is -2.17. The highest BCUT2D eigenvalue weighted by Crippen LogP contribution is 2.26. The van der Waals surface area contributed by atoms with Crippen LogP contribution in [0.25, 0.3) is 0 Å². The fourth-order valence-electron chi connectivity index (χ4n) is 2.32. The predicted octanol–water partition coefficient (Wildman–Crippen LogP) is 1.60. The topological polar surface area (TPSA) is 92.6 Å². The average Bonchev–Trinajstić information content (AvgIpc) is 2.84. The van der Waals surface area contributed by atoms with Crippen LogP contribution in [-0.2, 0) is 4.79 Å². The molecule has 1 N–H and O–H groups in total. The molecule has 21 heavy (non-hydrogen) atoms. The van der Waals surface area contributed by atoms with Crippen LogP contribution in [0.15, 0.2) is 18.2 Å². The Morgan fingerprint density at radius 2 is 2.19 bits per heavy atom. The van der Waals surface area contributed by atoms with Gasteiger partial charge in [0.2, 0.25) is 5.91 Å². The van der Waals surface area contributed by atoms with Crippen molar-refractivity contribution in [1.82, 2.24) is 10.2 Å². The molecule has 8 heteroatoms. The molecule has 1 aromatic carbocycles. The van der Waals surface area contributed by atoms with Gasteiger partial charge >= 0.3 is 0 Å². The molecule has 1 unspecified atom stereocenters. The van der Waals surface area contributed by atoms with E-state index < -0.39 is 4.92 Å². The fourth-order valence-corrected chi connectivity index (χ4v) is 2.57. The molecular formula is C13H14ClN3O4. The van der Waals surface area contributed by atoms with Gasteiger partial charge in [-0.25, -0.2) is 0 Å². The second kappa shape index (κ2) is 6.09. The van der Waals surface area contributed by atoms with Gasteiger partial charge in [0.05, 0.1) is 4.92 Å². The van der Waals surface area contributed by atoms with Crippen LogP contribution in [0.1, 0.15) is 23.7 Å². The van der Waals surface area contributed by atoms with Crippen molar-refractivity contribution in [2.75, 3.05) is 13.1 Å². The van der Waals surface area contributed by atoms with E-state index in [1.807, 2.05) is 0 Å². The standard InChI is InChI=1S/C13H14ClN3O4/c1-8(18)15-10-4-5-16(7-10)13(19)9-2-3-12(17(20)21)11(14)6-9/h2-3,6,10H,4-5,7H2,1H3,(H,15,18). The Morgan fingerprint density at radius 1 is 1.48 bits per heavy atom. The van der Waals surface area contributed by atoms with Gasteiger partial charge in [0.25, 0.3) is 11.6 Å². The number of nitrogens with one attached hydrogen (secondary N) is 1. The molecular weight excluding hydrogens is 298 g/mol. The van der Waals surface area contributed by atoms with Gasteiger partial charge in [0, 0.05) is 37.7 Å². The molecule has 1 aromatic rings. The maximum atomic E-state index is 12.3. The number of halogens is 1. The van der Waals surface area contributed by atoms with Crippen LogP contribution in [0.2, 0.25) is 5.02 Å². The van der Waals surface area contributed by atoms with E-state index >= 15 is 0 Å². The average molecular weight is 312 g/mol. The molecule has 1 atom stereocenters. The number of carbonyl (C=O) groups excluding carboxylic acids is 2. The summed E-state index contributed by atoms with van der Waals surface area (Å²) in [6, 6.07) is 3.85. The number of carbonyl (C=O) groups is 2. The van der Waals surface area contributed by atoms with Gasteiger partial charge < -0.3 is 10.2 Å². The third kappa shape index (κ3) is 3.49. The summed E-state index contributed by atoms with van der Waals surface area (Å²) < 4.78 is 0. The molecule has 2 rings (SSSR count). The first-order valence-electron chi connectivity index (χ1n) is 6.39. The van der Waals surface area contributed by atoms with Gasteiger partial charge in [-0.15, -0.1) is 0 Å². The summed E-state index contributed by atoms with van der Waals surface area (Å²) in [5.74, 6) is -0.382. The molecule has 1 aliphatic heterocycles. The first kappa shape index (κ1) is 15.2. The smallest absolute Gasteiger partial charge is 0.287 e. The number of nitro groups is 1. The quantitative estimate of drug-likeness (QED) is 0.678. The first-order valence-corrected chi connectivity index (χ1v) is 6.76. The molecule has 0 aliphatic carbocycles. The number of hydrogen-bond donors (Lipinski definition) is 1. The van der Waals surface area contributed by atoms with Crippen LogP contribution in [0.4, 0.5) is 5.69 Å². The Hall–Kier alpha value is -2.15. The summed E-state index contributed by atoms with van der Waals surface area (Å²) in [4.78, 5) is 35.0. The van der Waals surface area contributed by atoms with E-state index in [-0.39, 0.29) is 28.6 Å². The molecule has 0 bridgehead atoms. The molecule has 0 radical (unpaired) electrons. The predicted molar refractivity (Wildman–Crippen MR) is 76.2 cm³/mol. The first-order chi connectivity index (χ1) is 9.88. The molecule has 2 amide bonds. The second-order valence-corrected chi connectivity index (χ2v) is 5.27. The Morgan fingerprint density at radius 3 is 2.76 bits per heavy atom. The minimum atomic E-state index is -0.598. The SMILES string of the molecule is CC(=O)NC1CCN(C(=O)c2ccc([N+](=O)[O-])c(Cl)c2)C1. The Bertz CT molecular complexity index is 605. The number of rotatable bonds is 3. The van der Waals surface area contributed by atoms with Gasteiger partial charge in [-0.2, -0.15) is 0 Å². The van der Waals surface area contributed by atoms with Crippen molar-refractivity contribution in [2.45, 2.75) is 19.4 Å². The van der Waals surface area contributed by atoms with E-state index in [9.17, 15) is 19.7 Å². The van der Waals surface area contributed by atoms with Crippen molar-refractivity contribution < 1.29 is 14.5 Å². The maximum Gasteiger partial charge on any atom is 0.287 e. The lowest BCUT2D eigenvalue weighted by atomic mass is 10.2. The third-order valence-corrected chi connectivity index (χ3v) is 3.58. The van der Waals surface area contributed by atoms with Crippen molar-refractivity contribution in [3.63, 3.8) is 0 Å². The molecule has 1 aliphatic rings. The van der Waals surface area contributed by atoms with E-state index in [2.05, 4.69) is 5.32 Å². The number of amides is 2. The van der Waals surface area contributed by atoms with Crippen molar-refractivity contribution >= 4 is 29.1 Å². The number of nitro benzene ring substituents is 1. The molecule has 1 fully saturated rings. The van der Waals surface area contributed by atoms with Gasteiger partial charge in [-0.05, 0) is 18.6 Å². The molecule has 7 nitrogen and oxygen atoms in total. The normalized spacial score (nSPS) is 17.6.